The van der Waals surface area contributed by atoms with E-state index in [0.29, 0.717) is 0 Å². The van der Waals surface area contributed by atoms with Crippen LogP contribution in [-0.2, 0) is 19.5 Å². The molecule has 3 rings (SSSR count). The third-order valence-corrected chi connectivity index (χ3v) is 5.11. The zero-order valence-corrected chi connectivity index (χ0v) is 13.3. The maximum absolute atomic E-state index is 4.36. The molecule has 1 aliphatic rings. The van der Waals surface area contributed by atoms with Crippen LogP contribution in [0.5, 0.6) is 0 Å². The zero-order valence-electron chi connectivity index (χ0n) is 10.9. The van der Waals surface area contributed by atoms with Gasteiger partial charge in [0.1, 0.15) is 11.6 Å². The first-order valence-corrected chi connectivity index (χ1v) is 8.24. The normalized spacial score (nSPS) is 16.3. The average Bonchev–Trinajstić information content (AvgIpc) is 3.02. The largest absolute Gasteiger partial charge is 0.314 e. The van der Waals surface area contributed by atoms with Crippen LogP contribution in [0.2, 0.25) is 0 Å². The highest BCUT2D eigenvalue weighted by atomic mass is 79.9. The van der Waals surface area contributed by atoms with Crippen LogP contribution in [0.1, 0.15) is 42.3 Å². The van der Waals surface area contributed by atoms with Crippen molar-refractivity contribution in [3.63, 3.8) is 0 Å². The highest BCUT2D eigenvalue weighted by Gasteiger charge is 2.19. The van der Waals surface area contributed by atoms with Gasteiger partial charge in [0.2, 0.25) is 0 Å². The summed E-state index contributed by atoms with van der Waals surface area (Å²) < 4.78 is 3.46. The molecule has 102 valence electrons. The van der Waals surface area contributed by atoms with Crippen molar-refractivity contribution in [2.24, 2.45) is 0 Å². The number of aromatic nitrogens is 3. The van der Waals surface area contributed by atoms with Gasteiger partial charge in [-0.15, -0.1) is 21.5 Å². The van der Waals surface area contributed by atoms with Crippen molar-refractivity contribution in [3.8, 4) is 0 Å². The zero-order chi connectivity index (χ0) is 13.2. The molecule has 4 nitrogen and oxygen atoms in total. The number of fused-ring (bicyclic) bond motifs is 1. The third-order valence-electron chi connectivity index (χ3n) is 3.49. The molecule has 0 aromatic carbocycles. The Kier molecular flexibility index (Phi) is 4.00. The van der Waals surface area contributed by atoms with Crippen LogP contribution < -0.4 is 5.32 Å². The van der Waals surface area contributed by atoms with E-state index in [-0.39, 0.29) is 6.04 Å². The van der Waals surface area contributed by atoms with Crippen LogP contribution in [0, 0.1) is 0 Å². The predicted octanol–water partition coefficient (Wildman–Crippen LogP) is 3.29. The molecule has 0 spiro atoms. The van der Waals surface area contributed by atoms with E-state index >= 15 is 0 Å². The second kappa shape index (κ2) is 5.73. The number of aryl methyl sites for hydroxylation is 1. The summed E-state index contributed by atoms with van der Waals surface area (Å²) in [6.07, 6.45) is 3.55. The monoisotopic (exact) mass is 340 g/mol. The quantitative estimate of drug-likeness (QED) is 0.928. The minimum Gasteiger partial charge on any atom is -0.314 e. The Morgan fingerprint density at radius 1 is 1.42 bits per heavy atom. The molecule has 2 aromatic rings. The van der Waals surface area contributed by atoms with Gasteiger partial charge in [0.05, 0.1) is 9.83 Å². The fourth-order valence-electron chi connectivity index (χ4n) is 2.44. The van der Waals surface area contributed by atoms with E-state index < -0.39 is 0 Å². The first-order valence-electron chi connectivity index (χ1n) is 6.63. The number of nitrogens with zero attached hydrogens (tertiary/aromatic N) is 3. The number of nitrogens with one attached hydrogen (secondary N) is 1. The summed E-state index contributed by atoms with van der Waals surface area (Å²) in [6.45, 7) is 4.10. The van der Waals surface area contributed by atoms with E-state index in [1.54, 1.807) is 11.3 Å². The molecular formula is C13H17BrN4S. The highest BCUT2D eigenvalue weighted by molar-refractivity contribution is 9.11. The third kappa shape index (κ3) is 2.90. The Morgan fingerprint density at radius 3 is 3.11 bits per heavy atom. The standard InChI is InChI=1S/C13H17BrN4S/c1-9(15-8-10-5-6-11(14)19-10)13-17-16-12-4-2-3-7-18(12)13/h5-6,9,15H,2-4,7-8H2,1H3/t9-/m0/s1. The summed E-state index contributed by atoms with van der Waals surface area (Å²) in [6, 6.07) is 4.47. The van der Waals surface area contributed by atoms with Crippen molar-refractivity contribution in [3.05, 3.63) is 32.4 Å². The van der Waals surface area contributed by atoms with Gasteiger partial charge < -0.3 is 9.88 Å². The van der Waals surface area contributed by atoms with Crippen LogP contribution in [0.25, 0.3) is 0 Å². The van der Waals surface area contributed by atoms with Crippen molar-refractivity contribution < 1.29 is 0 Å². The molecule has 0 unspecified atom stereocenters. The molecule has 2 aromatic heterocycles. The van der Waals surface area contributed by atoms with Crippen molar-refractivity contribution in [1.29, 1.82) is 0 Å². The average molecular weight is 341 g/mol. The lowest BCUT2D eigenvalue weighted by atomic mass is 10.1. The van der Waals surface area contributed by atoms with E-state index in [2.05, 4.69) is 55.1 Å². The van der Waals surface area contributed by atoms with Gasteiger partial charge in [-0.1, -0.05) is 0 Å². The molecule has 1 N–H and O–H groups in total. The SMILES string of the molecule is C[C@H](NCc1ccc(Br)s1)c1nnc2n1CCCC2. The molecule has 0 saturated carbocycles. The summed E-state index contributed by atoms with van der Waals surface area (Å²) in [4.78, 5) is 1.33. The lowest BCUT2D eigenvalue weighted by molar-refractivity contribution is 0.466. The number of rotatable bonds is 4. The van der Waals surface area contributed by atoms with Gasteiger partial charge in [0.25, 0.3) is 0 Å². The number of thiophene rings is 1. The molecule has 0 saturated heterocycles. The Labute approximate surface area is 125 Å². The second-order valence-corrected chi connectivity index (χ2v) is 7.44. The molecule has 1 aliphatic heterocycles. The number of hydrogen-bond acceptors (Lipinski definition) is 4. The van der Waals surface area contributed by atoms with Gasteiger partial charge in [0, 0.05) is 24.4 Å². The number of hydrogen-bond donors (Lipinski definition) is 1. The second-order valence-electron chi connectivity index (χ2n) is 4.89. The van der Waals surface area contributed by atoms with Crippen molar-refractivity contribution in [1.82, 2.24) is 20.1 Å². The van der Waals surface area contributed by atoms with E-state index in [9.17, 15) is 0 Å². The topological polar surface area (TPSA) is 42.7 Å². The van der Waals surface area contributed by atoms with Crippen LogP contribution in [0.4, 0.5) is 0 Å². The van der Waals surface area contributed by atoms with Crippen molar-refractivity contribution in [2.45, 2.75) is 45.3 Å². The first kappa shape index (κ1) is 13.3. The van der Waals surface area contributed by atoms with Gasteiger partial charge in [0.15, 0.2) is 0 Å². The fraction of sp³-hybridized carbons (Fsp3) is 0.538. The molecule has 0 bridgehead atoms. The lowest BCUT2D eigenvalue weighted by Crippen LogP contribution is -2.23. The molecule has 0 radical (unpaired) electrons. The van der Waals surface area contributed by atoms with E-state index in [1.807, 2.05) is 0 Å². The van der Waals surface area contributed by atoms with Gasteiger partial charge >= 0.3 is 0 Å². The lowest BCUT2D eigenvalue weighted by Gasteiger charge is -2.18. The first-order chi connectivity index (χ1) is 9.24. The van der Waals surface area contributed by atoms with Crippen molar-refractivity contribution in [2.75, 3.05) is 0 Å². The summed E-state index contributed by atoms with van der Waals surface area (Å²) in [5.74, 6) is 2.22. The van der Waals surface area contributed by atoms with E-state index in [4.69, 9.17) is 0 Å². The van der Waals surface area contributed by atoms with Crippen LogP contribution in [-0.4, -0.2) is 14.8 Å². The summed E-state index contributed by atoms with van der Waals surface area (Å²) in [5, 5.41) is 12.2. The molecule has 0 aliphatic carbocycles. The molecule has 6 heteroatoms. The molecular weight excluding hydrogens is 324 g/mol. The Hall–Kier alpha value is -0.720. The molecule has 3 heterocycles. The van der Waals surface area contributed by atoms with E-state index in [1.165, 1.54) is 21.5 Å². The number of halogens is 1. The molecule has 19 heavy (non-hydrogen) atoms. The van der Waals surface area contributed by atoms with E-state index in [0.717, 1.165) is 31.2 Å². The molecule has 0 fully saturated rings. The smallest absolute Gasteiger partial charge is 0.149 e. The maximum Gasteiger partial charge on any atom is 0.149 e. The van der Waals surface area contributed by atoms with Gasteiger partial charge in [-0.2, -0.15) is 0 Å². The fourth-order valence-corrected chi connectivity index (χ4v) is 3.88. The minimum absolute atomic E-state index is 0.236. The Balaban J connectivity index is 1.67. The van der Waals surface area contributed by atoms with Crippen LogP contribution in [0.3, 0.4) is 0 Å². The van der Waals surface area contributed by atoms with Crippen molar-refractivity contribution >= 4 is 27.3 Å². The van der Waals surface area contributed by atoms with Gasteiger partial charge in [-0.05, 0) is 47.8 Å². The Morgan fingerprint density at radius 2 is 2.32 bits per heavy atom. The predicted molar refractivity (Wildman–Crippen MR) is 80.2 cm³/mol. The summed E-state index contributed by atoms with van der Waals surface area (Å²) in [5.41, 5.74) is 0. The highest BCUT2D eigenvalue weighted by Crippen LogP contribution is 2.23. The summed E-state index contributed by atoms with van der Waals surface area (Å²) in [7, 11) is 0. The minimum atomic E-state index is 0.236. The van der Waals surface area contributed by atoms with Gasteiger partial charge in [-0.25, -0.2) is 0 Å². The molecule has 0 amide bonds. The maximum atomic E-state index is 4.36. The van der Waals surface area contributed by atoms with Gasteiger partial charge in [-0.3, -0.25) is 0 Å². The van der Waals surface area contributed by atoms with Crippen LogP contribution in [0.15, 0.2) is 15.9 Å². The Bertz CT molecular complexity index is 563. The summed E-state index contributed by atoms with van der Waals surface area (Å²) >= 11 is 5.26. The molecule has 1 atom stereocenters. The van der Waals surface area contributed by atoms with Crippen LogP contribution >= 0.6 is 27.3 Å².